The molecule has 1 saturated carbocycles. The number of urea groups is 1. The van der Waals surface area contributed by atoms with Crippen molar-refractivity contribution in [1.82, 2.24) is 31.1 Å². The van der Waals surface area contributed by atoms with E-state index in [0.29, 0.717) is 45.1 Å². The lowest BCUT2D eigenvalue weighted by Crippen LogP contribution is -2.63. The summed E-state index contributed by atoms with van der Waals surface area (Å²) in [4.78, 5) is 95.3. The van der Waals surface area contributed by atoms with E-state index >= 15 is 0 Å². The van der Waals surface area contributed by atoms with Gasteiger partial charge in [0.15, 0.2) is 0 Å². The highest BCUT2D eigenvalue weighted by molar-refractivity contribution is 6.38. The van der Waals surface area contributed by atoms with E-state index in [-0.39, 0.29) is 50.1 Å². The lowest BCUT2D eigenvalue weighted by atomic mass is 9.70. The van der Waals surface area contributed by atoms with Gasteiger partial charge in [-0.2, -0.15) is 0 Å². The maximum atomic E-state index is 14.5. The number of ketones is 1. The number of unbranched alkanes of at least 4 members (excludes halogenated alkanes) is 1. The van der Waals surface area contributed by atoms with Crippen LogP contribution in [-0.4, -0.2) is 95.0 Å². The van der Waals surface area contributed by atoms with E-state index in [1.807, 2.05) is 34.6 Å². The van der Waals surface area contributed by atoms with Gasteiger partial charge in [-0.05, 0) is 49.4 Å². The van der Waals surface area contributed by atoms with Gasteiger partial charge >= 0.3 is 6.03 Å². The van der Waals surface area contributed by atoms with Crippen LogP contribution in [0, 0.1) is 10.8 Å². The average Bonchev–Trinajstić information content (AvgIpc) is 3.55. The lowest BCUT2D eigenvalue weighted by molar-refractivity contribution is -0.148. The topological polar surface area (TPSA) is 174 Å². The van der Waals surface area contributed by atoms with Crippen molar-refractivity contribution in [1.29, 1.82) is 0 Å². The Bertz CT molecular complexity index is 1240. The molecule has 49 heavy (non-hydrogen) atoms. The fourth-order valence-corrected chi connectivity index (χ4v) is 7.06. The van der Waals surface area contributed by atoms with Crippen LogP contribution in [0.25, 0.3) is 0 Å². The fraction of sp³-hybridized carbons (Fsp3) is 0.750. The minimum atomic E-state index is -1.03. The smallest absolute Gasteiger partial charge is 0.315 e. The molecule has 3 fully saturated rings. The summed E-state index contributed by atoms with van der Waals surface area (Å²) < 4.78 is 0. The zero-order chi connectivity index (χ0) is 36.4. The van der Waals surface area contributed by atoms with Crippen molar-refractivity contribution in [2.45, 2.75) is 142 Å². The van der Waals surface area contributed by atoms with Crippen molar-refractivity contribution in [3.8, 4) is 0 Å². The summed E-state index contributed by atoms with van der Waals surface area (Å²) in [7, 11) is 0. The van der Waals surface area contributed by atoms with Crippen LogP contribution in [0.1, 0.15) is 118 Å². The summed E-state index contributed by atoms with van der Waals surface area (Å²) in [5, 5.41) is 11.2. The van der Waals surface area contributed by atoms with E-state index in [9.17, 15) is 33.6 Å². The number of amides is 7. The van der Waals surface area contributed by atoms with Crippen LogP contribution in [0.4, 0.5) is 4.79 Å². The Morgan fingerprint density at radius 1 is 0.959 bits per heavy atom. The number of nitrogens with zero attached hydrogens (tertiary/aromatic N) is 2. The molecule has 0 aromatic carbocycles. The molecule has 0 aromatic rings. The molecule has 3 rings (SSSR count). The molecule has 13 nitrogen and oxygen atoms in total. The molecule has 1 unspecified atom stereocenters. The number of imide groups is 1. The van der Waals surface area contributed by atoms with Gasteiger partial charge in [0.2, 0.25) is 29.4 Å². The Labute approximate surface area is 291 Å². The zero-order valence-corrected chi connectivity index (χ0v) is 30.2. The van der Waals surface area contributed by atoms with Crippen LogP contribution in [0.15, 0.2) is 12.7 Å². The van der Waals surface area contributed by atoms with Crippen LogP contribution in [0.2, 0.25) is 0 Å². The Morgan fingerprint density at radius 2 is 1.61 bits per heavy atom. The summed E-state index contributed by atoms with van der Waals surface area (Å²) in [5.41, 5.74) is -1.09. The first kappa shape index (κ1) is 39.7. The van der Waals surface area contributed by atoms with Gasteiger partial charge in [-0.15, -0.1) is 6.58 Å². The quantitative estimate of drug-likeness (QED) is 0.116. The molecule has 1 aliphatic carbocycles. The number of nitrogens with one attached hydrogen (secondary N) is 4. The largest absolute Gasteiger partial charge is 0.346 e. The van der Waals surface area contributed by atoms with Crippen molar-refractivity contribution < 1.29 is 33.6 Å². The fourth-order valence-electron chi connectivity index (χ4n) is 7.06. The van der Waals surface area contributed by atoms with Crippen molar-refractivity contribution in [2.24, 2.45) is 10.8 Å². The zero-order valence-electron chi connectivity index (χ0n) is 30.2. The monoisotopic (exact) mass is 686 g/mol. The number of Topliss-reactive ketones (excluding diaryl/α,β-unsaturated/α-hetero) is 1. The number of carbonyl (C=O) groups excluding carboxylic acids is 7. The van der Waals surface area contributed by atoms with Crippen LogP contribution in [0.5, 0.6) is 0 Å². The van der Waals surface area contributed by atoms with Crippen LogP contribution in [-0.2, 0) is 28.8 Å². The molecule has 0 bridgehead atoms. The Balaban J connectivity index is 1.81. The number of rotatable bonds is 15. The molecule has 2 aliphatic heterocycles. The number of carbonyl (C=O) groups is 7. The van der Waals surface area contributed by atoms with Crippen molar-refractivity contribution in [2.75, 3.05) is 19.6 Å². The Morgan fingerprint density at radius 3 is 2.20 bits per heavy atom. The second kappa shape index (κ2) is 17.8. The Kier molecular flexibility index (Phi) is 14.4. The highest BCUT2D eigenvalue weighted by Gasteiger charge is 2.47. The molecule has 4 atom stereocenters. The normalized spacial score (nSPS) is 21.3. The maximum Gasteiger partial charge on any atom is 0.315 e. The minimum absolute atomic E-state index is 0.0301. The van der Waals surface area contributed by atoms with E-state index in [2.05, 4.69) is 27.8 Å². The molecule has 13 heteroatoms. The van der Waals surface area contributed by atoms with E-state index < -0.39 is 58.6 Å². The van der Waals surface area contributed by atoms with Crippen molar-refractivity contribution in [3.05, 3.63) is 12.7 Å². The van der Waals surface area contributed by atoms with Gasteiger partial charge in [0, 0.05) is 32.5 Å². The van der Waals surface area contributed by atoms with Crippen LogP contribution in [0.3, 0.4) is 0 Å². The van der Waals surface area contributed by atoms with Gasteiger partial charge in [0.05, 0.1) is 12.1 Å². The van der Waals surface area contributed by atoms with Gasteiger partial charge in [-0.25, -0.2) is 4.79 Å². The van der Waals surface area contributed by atoms with Crippen molar-refractivity contribution in [3.63, 3.8) is 0 Å². The van der Waals surface area contributed by atoms with Crippen molar-refractivity contribution >= 4 is 41.4 Å². The summed E-state index contributed by atoms with van der Waals surface area (Å²) in [6, 6.07) is -4.00. The predicted molar refractivity (Wildman–Crippen MR) is 185 cm³/mol. The standard InChI is InChI=1S/C36H58N6O7/c1-7-9-15-24(29(45)32(47)37-21-8-2)38-31(46)25-16-14-22-41(25)33(48)30(36(6)19-11-10-12-20-36)40-34(49)39-26(35(3,4)5)23-42-27(43)17-13-18-28(42)44/h8,24-26,30H,2,7,9-23H2,1,3-6H3,(H,37,47)(H,38,46)(H2,39,40,49)/t24?,25-,26+,30+/m0/s1. The third-order valence-electron chi connectivity index (χ3n) is 10.3. The summed E-state index contributed by atoms with van der Waals surface area (Å²) in [6.45, 7) is 13.7. The molecule has 2 saturated heterocycles. The summed E-state index contributed by atoms with van der Waals surface area (Å²) in [6.07, 6.45) is 9.39. The third kappa shape index (κ3) is 10.6. The first-order valence-electron chi connectivity index (χ1n) is 18.1. The second-order valence-corrected chi connectivity index (χ2v) is 15.2. The highest BCUT2D eigenvalue weighted by atomic mass is 16.2. The van der Waals surface area contributed by atoms with Crippen LogP contribution >= 0.6 is 0 Å². The molecule has 0 spiro atoms. The molecule has 3 aliphatic rings. The van der Waals surface area contributed by atoms with Crippen LogP contribution < -0.4 is 21.3 Å². The molecular formula is C36H58N6O7. The first-order valence-corrected chi connectivity index (χ1v) is 18.1. The molecule has 274 valence electrons. The highest BCUT2D eigenvalue weighted by Crippen LogP contribution is 2.40. The van der Waals surface area contributed by atoms with E-state index in [1.54, 1.807) is 0 Å². The maximum absolute atomic E-state index is 14.5. The third-order valence-corrected chi connectivity index (χ3v) is 10.3. The average molecular weight is 687 g/mol. The van der Waals surface area contributed by atoms with Gasteiger partial charge in [-0.3, -0.25) is 33.7 Å². The summed E-state index contributed by atoms with van der Waals surface area (Å²) >= 11 is 0. The van der Waals surface area contributed by atoms with Gasteiger partial charge in [-0.1, -0.05) is 72.8 Å². The number of hydrogen-bond acceptors (Lipinski definition) is 7. The van der Waals surface area contributed by atoms with Gasteiger partial charge in [0.25, 0.3) is 5.91 Å². The summed E-state index contributed by atoms with van der Waals surface area (Å²) in [5.74, 6) is -2.94. The van der Waals surface area contributed by atoms with E-state index in [0.717, 1.165) is 25.7 Å². The van der Waals surface area contributed by atoms with E-state index in [4.69, 9.17) is 0 Å². The molecule has 4 N–H and O–H groups in total. The first-order chi connectivity index (χ1) is 23.1. The number of likely N-dealkylation sites (tertiary alicyclic amines) is 2. The Hall–Kier alpha value is -3.77. The van der Waals surface area contributed by atoms with E-state index in [1.165, 1.54) is 15.9 Å². The lowest BCUT2D eigenvalue weighted by Gasteiger charge is -2.43. The predicted octanol–water partition coefficient (Wildman–Crippen LogP) is 3.12. The van der Waals surface area contributed by atoms with Gasteiger partial charge in [0.1, 0.15) is 12.1 Å². The SMILES string of the molecule is C=CCNC(=O)C(=O)C(CCCC)NC(=O)[C@@H]1CCCN1C(=O)[C@@H](NC(=O)N[C@H](CN1C(=O)CCCC1=O)C(C)(C)C)C1(C)CCCCC1. The molecular weight excluding hydrogens is 628 g/mol. The number of hydrogen-bond donors (Lipinski definition) is 4. The number of piperidine rings is 1. The van der Waals surface area contributed by atoms with Gasteiger partial charge < -0.3 is 26.2 Å². The minimum Gasteiger partial charge on any atom is -0.346 e. The molecule has 2 heterocycles. The molecule has 7 amide bonds. The molecule has 0 radical (unpaired) electrons. The second-order valence-electron chi connectivity index (χ2n) is 15.2. The molecule has 0 aromatic heterocycles.